The van der Waals surface area contributed by atoms with Crippen molar-refractivity contribution in [1.82, 2.24) is 5.32 Å². The van der Waals surface area contributed by atoms with Crippen molar-refractivity contribution in [2.45, 2.75) is 82.0 Å². The molecule has 164 valence electrons. The fourth-order valence-corrected chi connectivity index (χ4v) is 6.24. The van der Waals surface area contributed by atoms with E-state index < -0.39 is 17.1 Å². The van der Waals surface area contributed by atoms with Crippen LogP contribution in [-0.2, 0) is 27.8 Å². The third kappa shape index (κ3) is 3.12. The number of ether oxygens (including phenoxy) is 2. The smallest absolute Gasteiger partial charge is 0.162 e. The van der Waals surface area contributed by atoms with Crippen molar-refractivity contribution < 1.29 is 19.4 Å². The second-order valence-corrected chi connectivity index (χ2v) is 10.5. The number of carbonyl (C=O) groups excluding carboxylic acids is 1. The Morgan fingerprint density at radius 2 is 2.10 bits per heavy atom. The molecule has 30 heavy (non-hydrogen) atoms. The summed E-state index contributed by atoms with van der Waals surface area (Å²) in [6.07, 6.45) is 5.49. The molecule has 4 atom stereocenters. The number of benzene rings is 1. The summed E-state index contributed by atoms with van der Waals surface area (Å²) in [5.41, 5.74) is 2.34. The van der Waals surface area contributed by atoms with Gasteiger partial charge in [0.2, 0.25) is 0 Å². The van der Waals surface area contributed by atoms with Crippen molar-refractivity contribution in [1.29, 1.82) is 0 Å². The van der Waals surface area contributed by atoms with Crippen LogP contribution in [0.2, 0.25) is 0 Å². The number of aliphatic hydroxyl groups is 1. The van der Waals surface area contributed by atoms with Gasteiger partial charge in [-0.3, -0.25) is 4.79 Å². The Bertz CT molecular complexity index is 848. The first-order valence-corrected chi connectivity index (χ1v) is 11.7. The number of Topliss-reactive ketones (excluding diaryl/α,β-unsaturated/α-hetero) is 1. The van der Waals surface area contributed by atoms with Gasteiger partial charge in [-0.15, -0.1) is 0 Å². The Morgan fingerprint density at radius 3 is 2.80 bits per heavy atom. The maximum Gasteiger partial charge on any atom is 0.162 e. The summed E-state index contributed by atoms with van der Waals surface area (Å²) in [4.78, 5) is 13.2. The summed E-state index contributed by atoms with van der Waals surface area (Å²) < 4.78 is 11.7. The quantitative estimate of drug-likeness (QED) is 0.751. The van der Waals surface area contributed by atoms with E-state index in [0.29, 0.717) is 25.4 Å². The number of piperidine rings is 1. The normalized spacial score (nSPS) is 35.2. The molecule has 2 saturated carbocycles. The van der Waals surface area contributed by atoms with Crippen LogP contribution < -0.4 is 10.1 Å². The van der Waals surface area contributed by atoms with Crippen LogP contribution in [0.1, 0.15) is 62.6 Å². The molecule has 2 N–H and O–H groups in total. The lowest BCUT2D eigenvalue weighted by atomic mass is 9.49. The molecule has 1 aromatic carbocycles. The molecule has 1 heterocycles. The molecule has 0 radical (unpaired) electrons. The van der Waals surface area contributed by atoms with Crippen molar-refractivity contribution in [2.24, 2.45) is 11.8 Å². The van der Waals surface area contributed by atoms with E-state index in [0.717, 1.165) is 43.0 Å². The standard InChI is InChI=1S/C25H35NO4/c1-15(2)14-30-22-13-25(28)23-11-19-17(8-16-4-5-16)9-18(29-3)10-20(19)24(25,6-7-26-23)12-21(22)27/h9-10,15-16,22-23,26,28H,4-8,11-14H2,1-3H3. The monoisotopic (exact) mass is 413 g/mol. The van der Waals surface area contributed by atoms with Crippen LogP contribution in [0.15, 0.2) is 12.1 Å². The molecular weight excluding hydrogens is 378 g/mol. The predicted octanol–water partition coefficient (Wildman–Crippen LogP) is 2.94. The van der Waals surface area contributed by atoms with Gasteiger partial charge in [-0.1, -0.05) is 13.8 Å². The highest BCUT2D eigenvalue weighted by molar-refractivity contribution is 5.87. The Labute approximate surface area is 179 Å². The topological polar surface area (TPSA) is 67.8 Å². The minimum Gasteiger partial charge on any atom is -0.497 e. The molecule has 4 unspecified atom stereocenters. The van der Waals surface area contributed by atoms with Gasteiger partial charge >= 0.3 is 0 Å². The second-order valence-electron chi connectivity index (χ2n) is 10.5. The Kier molecular flexibility index (Phi) is 4.99. The van der Waals surface area contributed by atoms with Crippen LogP contribution in [0.5, 0.6) is 5.75 Å². The van der Waals surface area contributed by atoms with Gasteiger partial charge in [0.25, 0.3) is 0 Å². The fraction of sp³-hybridized carbons (Fsp3) is 0.720. The van der Waals surface area contributed by atoms with Crippen molar-refractivity contribution in [3.05, 3.63) is 28.8 Å². The number of ketones is 1. The second kappa shape index (κ2) is 7.32. The van der Waals surface area contributed by atoms with Gasteiger partial charge in [-0.05, 0) is 79.3 Å². The third-order valence-electron chi connectivity index (χ3n) is 7.99. The minimum absolute atomic E-state index is 0.0386. The summed E-state index contributed by atoms with van der Waals surface area (Å²) in [7, 11) is 1.71. The van der Waals surface area contributed by atoms with Gasteiger partial charge in [0, 0.05) is 30.9 Å². The molecule has 3 aliphatic carbocycles. The molecule has 5 rings (SSSR count). The highest BCUT2D eigenvalue weighted by Crippen LogP contribution is 2.57. The molecule has 1 aromatic rings. The molecule has 0 spiro atoms. The van der Waals surface area contributed by atoms with Gasteiger partial charge in [0.05, 0.1) is 12.7 Å². The summed E-state index contributed by atoms with van der Waals surface area (Å²) in [5, 5.41) is 15.8. The molecule has 0 amide bonds. The lowest BCUT2D eigenvalue weighted by Gasteiger charge is -2.61. The average Bonchev–Trinajstić information content (AvgIpc) is 3.51. The summed E-state index contributed by atoms with van der Waals surface area (Å²) in [5.74, 6) is 2.13. The van der Waals surface area contributed by atoms with E-state index in [1.165, 1.54) is 24.0 Å². The van der Waals surface area contributed by atoms with Crippen LogP contribution in [0.25, 0.3) is 0 Å². The number of fused-ring (bicyclic) bond motifs is 1. The van der Waals surface area contributed by atoms with Crippen molar-refractivity contribution >= 4 is 5.78 Å². The zero-order valence-electron chi connectivity index (χ0n) is 18.5. The van der Waals surface area contributed by atoms with Crippen LogP contribution >= 0.6 is 0 Å². The number of rotatable bonds is 6. The Hall–Kier alpha value is -1.43. The Morgan fingerprint density at radius 1 is 1.30 bits per heavy atom. The number of nitrogens with one attached hydrogen (secondary N) is 1. The largest absolute Gasteiger partial charge is 0.497 e. The van der Waals surface area contributed by atoms with Crippen molar-refractivity contribution in [2.75, 3.05) is 20.3 Å². The van der Waals surface area contributed by atoms with Crippen LogP contribution in [0, 0.1) is 11.8 Å². The number of hydrogen-bond acceptors (Lipinski definition) is 5. The van der Waals surface area contributed by atoms with Gasteiger partial charge in [-0.25, -0.2) is 0 Å². The number of methoxy groups -OCH3 is 1. The van der Waals surface area contributed by atoms with Crippen LogP contribution in [0.3, 0.4) is 0 Å². The fourth-order valence-electron chi connectivity index (χ4n) is 6.24. The highest BCUT2D eigenvalue weighted by Gasteiger charge is 2.65. The number of hydrogen-bond donors (Lipinski definition) is 2. The molecule has 5 nitrogen and oxygen atoms in total. The molecule has 3 fully saturated rings. The Balaban J connectivity index is 1.59. The van der Waals surface area contributed by atoms with E-state index >= 15 is 0 Å². The van der Waals surface area contributed by atoms with E-state index in [-0.39, 0.29) is 11.8 Å². The van der Waals surface area contributed by atoms with E-state index in [1.54, 1.807) is 7.11 Å². The van der Waals surface area contributed by atoms with Gasteiger partial charge in [-0.2, -0.15) is 0 Å². The van der Waals surface area contributed by atoms with Gasteiger partial charge in [0.1, 0.15) is 11.9 Å². The first kappa shape index (κ1) is 20.5. The summed E-state index contributed by atoms with van der Waals surface area (Å²) in [6, 6.07) is 4.26. The first-order chi connectivity index (χ1) is 14.4. The first-order valence-electron chi connectivity index (χ1n) is 11.7. The van der Waals surface area contributed by atoms with Crippen molar-refractivity contribution in [3.8, 4) is 5.75 Å². The molecule has 5 heteroatoms. The van der Waals surface area contributed by atoms with Gasteiger partial charge < -0.3 is 19.9 Å². The third-order valence-corrected chi connectivity index (χ3v) is 7.99. The zero-order chi connectivity index (χ0) is 21.1. The van der Waals surface area contributed by atoms with Gasteiger partial charge in [0.15, 0.2) is 5.78 Å². The van der Waals surface area contributed by atoms with E-state index in [4.69, 9.17) is 9.47 Å². The van der Waals surface area contributed by atoms with Crippen molar-refractivity contribution in [3.63, 3.8) is 0 Å². The lowest BCUT2D eigenvalue weighted by Crippen LogP contribution is -2.74. The SMILES string of the molecule is COc1cc(CC2CC2)c2c(c1)C13CCNC(C2)C1(O)CC(OCC(C)C)C(=O)C3. The van der Waals surface area contributed by atoms with E-state index in [2.05, 4.69) is 31.3 Å². The van der Waals surface area contributed by atoms with Crippen LogP contribution in [-0.4, -0.2) is 48.9 Å². The highest BCUT2D eigenvalue weighted by atomic mass is 16.5. The van der Waals surface area contributed by atoms with Crippen LogP contribution in [0.4, 0.5) is 0 Å². The maximum absolute atomic E-state index is 13.2. The average molecular weight is 414 g/mol. The molecule has 1 saturated heterocycles. The molecule has 0 aromatic heterocycles. The molecule has 4 aliphatic rings. The van der Waals surface area contributed by atoms with E-state index in [1.807, 2.05) is 0 Å². The molecule has 2 bridgehead atoms. The summed E-state index contributed by atoms with van der Waals surface area (Å²) in [6.45, 7) is 5.55. The molecule has 1 aliphatic heterocycles. The summed E-state index contributed by atoms with van der Waals surface area (Å²) >= 11 is 0. The number of carbonyl (C=O) groups is 1. The minimum atomic E-state index is -0.975. The zero-order valence-corrected chi connectivity index (χ0v) is 18.5. The maximum atomic E-state index is 13.2. The predicted molar refractivity (Wildman–Crippen MR) is 115 cm³/mol. The lowest BCUT2D eigenvalue weighted by molar-refractivity contribution is -0.175. The van der Waals surface area contributed by atoms with E-state index in [9.17, 15) is 9.90 Å². The molecular formula is C25H35NO4.